The normalized spacial score (nSPS) is 24.2. The maximum Gasteiger partial charge on any atom is 0.222 e. The van der Waals surface area contributed by atoms with E-state index in [1.165, 1.54) is 25.7 Å². The van der Waals surface area contributed by atoms with Crippen molar-refractivity contribution in [3.8, 4) is 0 Å². The Bertz CT molecular complexity index is 402. The molecule has 0 spiro atoms. The summed E-state index contributed by atoms with van der Waals surface area (Å²) in [6, 6.07) is 0.611. The van der Waals surface area contributed by atoms with Crippen LogP contribution < -0.4 is 10.6 Å². The van der Waals surface area contributed by atoms with Crippen LogP contribution in [-0.4, -0.2) is 49.0 Å². The molecule has 1 aliphatic heterocycles. The highest BCUT2D eigenvalue weighted by atomic mass is 127. The lowest BCUT2D eigenvalue weighted by Crippen LogP contribution is -2.39. The first-order chi connectivity index (χ1) is 11.2. The van der Waals surface area contributed by atoms with Crippen LogP contribution in [0.15, 0.2) is 4.99 Å². The second-order valence-corrected chi connectivity index (χ2v) is 6.84. The molecule has 6 heteroatoms. The summed E-state index contributed by atoms with van der Waals surface area (Å²) in [5, 5.41) is 6.87. The van der Waals surface area contributed by atoms with Crippen LogP contribution in [0.1, 0.15) is 65.2 Å². The van der Waals surface area contributed by atoms with Crippen molar-refractivity contribution in [3.63, 3.8) is 0 Å². The van der Waals surface area contributed by atoms with Gasteiger partial charge < -0.3 is 15.5 Å². The van der Waals surface area contributed by atoms with Crippen molar-refractivity contribution in [3.05, 3.63) is 0 Å². The summed E-state index contributed by atoms with van der Waals surface area (Å²) in [6.07, 6.45) is 8.94. The van der Waals surface area contributed by atoms with Crippen molar-refractivity contribution in [1.82, 2.24) is 15.5 Å². The van der Waals surface area contributed by atoms with Gasteiger partial charge in [0.05, 0.1) is 0 Å². The second kappa shape index (κ2) is 11.9. The zero-order valence-electron chi connectivity index (χ0n) is 15.4. The summed E-state index contributed by atoms with van der Waals surface area (Å²) >= 11 is 0. The summed E-state index contributed by atoms with van der Waals surface area (Å²) in [4.78, 5) is 18.7. The molecule has 2 aliphatic rings. The first-order valence-electron chi connectivity index (χ1n) is 9.57. The van der Waals surface area contributed by atoms with Gasteiger partial charge in [0.1, 0.15) is 0 Å². The Morgan fingerprint density at radius 2 is 2.12 bits per heavy atom. The lowest BCUT2D eigenvalue weighted by molar-refractivity contribution is -0.130. The molecule has 1 heterocycles. The molecule has 24 heavy (non-hydrogen) atoms. The maximum atomic E-state index is 12.0. The Morgan fingerprint density at radius 1 is 1.29 bits per heavy atom. The Balaban J connectivity index is 0.00000288. The van der Waals surface area contributed by atoms with E-state index in [2.05, 4.69) is 29.5 Å². The molecule has 140 valence electrons. The summed E-state index contributed by atoms with van der Waals surface area (Å²) in [5.74, 6) is 2.11. The lowest BCUT2D eigenvalue weighted by Gasteiger charge is -2.20. The van der Waals surface area contributed by atoms with E-state index in [-0.39, 0.29) is 24.0 Å². The van der Waals surface area contributed by atoms with Crippen molar-refractivity contribution in [1.29, 1.82) is 0 Å². The Hall–Kier alpha value is -0.530. The topological polar surface area (TPSA) is 56.7 Å². The first-order valence-corrected chi connectivity index (χ1v) is 9.57. The summed E-state index contributed by atoms with van der Waals surface area (Å²) in [6.45, 7) is 7.81. The van der Waals surface area contributed by atoms with Gasteiger partial charge in [0.2, 0.25) is 5.91 Å². The van der Waals surface area contributed by atoms with Gasteiger partial charge in [-0.25, -0.2) is 0 Å². The smallest absolute Gasteiger partial charge is 0.222 e. The van der Waals surface area contributed by atoms with Gasteiger partial charge in [-0.05, 0) is 44.9 Å². The number of nitrogens with one attached hydrogen (secondary N) is 2. The van der Waals surface area contributed by atoms with Crippen LogP contribution in [0.5, 0.6) is 0 Å². The Labute approximate surface area is 164 Å². The zero-order chi connectivity index (χ0) is 16.5. The average Bonchev–Trinajstić information content (AvgIpc) is 3.29. The number of guanidine groups is 1. The molecular weight excluding hydrogens is 415 g/mol. The number of hydrogen-bond acceptors (Lipinski definition) is 2. The fourth-order valence-electron chi connectivity index (χ4n) is 3.34. The van der Waals surface area contributed by atoms with Crippen LogP contribution >= 0.6 is 24.0 Å². The fraction of sp³-hybridized carbons (Fsp3) is 0.889. The van der Waals surface area contributed by atoms with E-state index in [0.717, 1.165) is 63.7 Å². The molecular formula is C18H35IN4O. The van der Waals surface area contributed by atoms with Crippen LogP contribution in [0.2, 0.25) is 0 Å². The van der Waals surface area contributed by atoms with E-state index >= 15 is 0 Å². The van der Waals surface area contributed by atoms with E-state index in [0.29, 0.717) is 11.9 Å². The highest BCUT2D eigenvalue weighted by molar-refractivity contribution is 14.0. The van der Waals surface area contributed by atoms with Crippen molar-refractivity contribution in [2.45, 2.75) is 71.3 Å². The van der Waals surface area contributed by atoms with Gasteiger partial charge in [0.15, 0.2) is 5.96 Å². The number of rotatable bonds is 8. The van der Waals surface area contributed by atoms with E-state index in [4.69, 9.17) is 0 Å². The number of carbonyl (C=O) groups is 1. The number of halogens is 1. The van der Waals surface area contributed by atoms with E-state index in [9.17, 15) is 4.79 Å². The molecule has 2 N–H and O–H groups in total. The van der Waals surface area contributed by atoms with E-state index in [1.54, 1.807) is 0 Å². The zero-order valence-corrected chi connectivity index (χ0v) is 17.7. The number of carbonyl (C=O) groups excluding carboxylic acids is 1. The summed E-state index contributed by atoms with van der Waals surface area (Å²) in [5.41, 5.74) is 0. The molecule has 0 aromatic rings. The molecule has 0 aromatic heterocycles. The molecule has 1 amide bonds. The second-order valence-electron chi connectivity index (χ2n) is 6.84. The highest BCUT2D eigenvalue weighted by Crippen LogP contribution is 2.34. The summed E-state index contributed by atoms with van der Waals surface area (Å²) in [7, 11) is 0. The van der Waals surface area contributed by atoms with Gasteiger partial charge in [0, 0.05) is 38.6 Å². The molecule has 2 fully saturated rings. The molecule has 0 aromatic carbocycles. The van der Waals surface area contributed by atoms with Crippen LogP contribution in [0.3, 0.4) is 0 Å². The molecule has 2 unspecified atom stereocenters. The number of likely N-dealkylation sites (tertiary alicyclic amines) is 1. The van der Waals surface area contributed by atoms with Crippen molar-refractivity contribution in [2.75, 3.05) is 26.2 Å². The molecule has 0 bridgehead atoms. The monoisotopic (exact) mass is 450 g/mol. The third-order valence-electron chi connectivity index (χ3n) is 4.78. The van der Waals surface area contributed by atoms with Gasteiger partial charge in [-0.15, -0.1) is 24.0 Å². The van der Waals surface area contributed by atoms with Gasteiger partial charge in [0.25, 0.3) is 0 Å². The van der Waals surface area contributed by atoms with E-state index in [1.807, 2.05) is 4.90 Å². The molecule has 2 atom stereocenters. The first kappa shape index (κ1) is 21.5. The largest absolute Gasteiger partial charge is 0.357 e. The number of hydrogen-bond donors (Lipinski definition) is 2. The SMILES string of the molecule is CCCC1CC1NC(=NCCCN1CCCCCC1=O)NCC.I. The third kappa shape index (κ3) is 7.57. The number of amides is 1. The van der Waals surface area contributed by atoms with Crippen LogP contribution in [0, 0.1) is 5.92 Å². The molecule has 1 aliphatic carbocycles. The van der Waals surface area contributed by atoms with Gasteiger partial charge in [-0.3, -0.25) is 9.79 Å². The minimum absolute atomic E-state index is 0. The number of nitrogens with zero attached hydrogens (tertiary/aromatic N) is 2. The van der Waals surface area contributed by atoms with Crippen molar-refractivity contribution in [2.24, 2.45) is 10.9 Å². The highest BCUT2D eigenvalue weighted by Gasteiger charge is 2.36. The van der Waals surface area contributed by atoms with Crippen LogP contribution in [-0.2, 0) is 4.79 Å². The molecule has 1 saturated heterocycles. The maximum absolute atomic E-state index is 12.0. The third-order valence-corrected chi connectivity index (χ3v) is 4.78. The Kier molecular flexibility index (Phi) is 10.7. The Morgan fingerprint density at radius 3 is 2.88 bits per heavy atom. The molecule has 1 saturated carbocycles. The minimum Gasteiger partial charge on any atom is -0.357 e. The van der Waals surface area contributed by atoms with Crippen LogP contribution in [0.4, 0.5) is 0 Å². The fourth-order valence-corrected chi connectivity index (χ4v) is 3.34. The van der Waals surface area contributed by atoms with E-state index < -0.39 is 0 Å². The number of aliphatic imine (C=N–C) groups is 1. The molecule has 0 radical (unpaired) electrons. The molecule has 2 rings (SSSR count). The van der Waals surface area contributed by atoms with Gasteiger partial charge in [-0.1, -0.05) is 19.8 Å². The predicted octanol–water partition coefficient (Wildman–Crippen LogP) is 3.14. The van der Waals surface area contributed by atoms with Crippen LogP contribution in [0.25, 0.3) is 0 Å². The minimum atomic E-state index is 0. The van der Waals surface area contributed by atoms with Crippen molar-refractivity contribution < 1.29 is 4.79 Å². The standard InChI is InChI=1S/C18H34N4O.HI/c1-3-9-15-14-16(15)21-18(19-4-2)20-11-8-13-22-12-7-5-6-10-17(22)23;/h15-16H,3-14H2,1-2H3,(H2,19,20,21);1H. The molecule has 5 nitrogen and oxygen atoms in total. The summed E-state index contributed by atoms with van der Waals surface area (Å²) < 4.78 is 0. The lowest BCUT2D eigenvalue weighted by atomic mass is 10.2. The predicted molar refractivity (Wildman–Crippen MR) is 111 cm³/mol. The quantitative estimate of drug-likeness (QED) is 0.259. The average molecular weight is 450 g/mol. The van der Waals surface area contributed by atoms with Gasteiger partial charge in [-0.2, -0.15) is 0 Å². The van der Waals surface area contributed by atoms with Crippen molar-refractivity contribution >= 4 is 35.8 Å². The van der Waals surface area contributed by atoms with Gasteiger partial charge >= 0.3 is 0 Å².